The standard InChI is InChI=1S/C58H37NO/c1-3-17-40(18-4-1)56-51-27-12-11-26-48(51)49-32-30-43(36-53(49)57(56)41-19-5-2-6-20-41)42-22-13-23-44(35-42)59(54-28-14-21-38-15-7-9-24-46(38)54)45-31-34-50-52-33-29-39-16-8-10-25-47(39)58(52)60-55(50)37-45/h1-37H. The molecule has 0 unspecified atom stereocenters. The number of hydrogen-bond acceptors (Lipinski definition) is 2. The molecule has 0 fully saturated rings. The van der Waals surface area contributed by atoms with Gasteiger partial charge in [-0.2, -0.15) is 0 Å². The Morgan fingerprint density at radius 1 is 0.283 bits per heavy atom. The Labute approximate surface area is 347 Å². The molecule has 1 aromatic heterocycles. The molecule has 0 N–H and O–H groups in total. The first-order valence-corrected chi connectivity index (χ1v) is 20.6. The van der Waals surface area contributed by atoms with E-state index in [1.54, 1.807) is 0 Å². The highest BCUT2D eigenvalue weighted by Crippen LogP contribution is 2.47. The van der Waals surface area contributed by atoms with Crippen molar-refractivity contribution in [3.8, 4) is 33.4 Å². The van der Waals surface area contributed by atoms with Crippen LogP contribution < -0.4 is 4.90 Å². The Bertz CT molecular complexity index is 3600. The molecule has 280 valence electrons. The van der Waals surface area contributed by atoms with Gasteiger partial charge in [0.2, 0.25) is 0 Å². The predicted octanol–water partition coefficient (Wildman–Crippen LogP) is 16.7. The molecule has 2 heteroatoms. The largest absolute Gasteiger partial charge is 0.455 e. The fourth-order valence-electron chi connectivity index (χ4n) is 9.47. The van der Waals surface area contributed by atoms with Crippen LogP contribution in [0.15, 0.2) is 229 Å². The molecule has 0 saturated carbocycles. The number of anilines is 3. The van der Waals surface area contributed by atoms with Gasteiger partial charge in [-0.3, -0.25) is 0 Å². The molecule has 0 atom stereocenters. The highest BCUT2D eigenvalue weighted by atomic mass is 16.3. The molecule has 0 amide bonds. The van der Waals surface area contributed by atoms with Crippen molar-refractivity contribution >= 4 is 82.1 Å². The Morgan fingerprint density at radius 2 is 0.817 bits per heavy atom. The number of fused-ring (bicyclic) bond motifs is 9. The molecule has 12 aromatic rings. The van der Waals surface area contributed by atoms with Gasteiger partial charge in [0, 0.05) is 39.0 Å². The summed E-state index contributed by atoms with van der Waals surface area (Å²) < 4.78 is 6.74. The molecule has 0 aliphatic rings. The van der Waals surface area contributed by atoms with Crippen molar-refractivity contribution in [1.29, 1.82) is 0 Å². The van der Waals surface area contributed by atoms with Crippen LogP contribution in [0.1, 0.15) is 0 Å². The third-order valence-corrected chi connectivity index (χ3v) is 12.2. The fraction of sp³-hybridized carbons (Fsp3) is 0. The Morgan fingerprint density at radius 3 is 1.60 bits per heavy atom. The Kier molecular flexibility index (Phi) is 7.89. The summed E-state index contributed by atoms with van der Waals surface area (Å²) >= 11 is 0. The second-order valence-electron chi connectivity index (χ2n) is 15.6. The molecule has 60 heavy (non-hydrogen) atoms. The van der Waals surface area contributed by atoms with Gasteiger partial charge in [-0.1, -0.05) is 176 Å². The summed E-state index contributed by atoms with van der Waals surface area (Å²) in [5.41, 5.74) is 12.2. The molecule has 0 radical (unpaired) electrons. The molecule has 0 bridgehead atoms. The van der Waals surface area contributed by atoms with Crippen LogP contribution in [-0.2, 0) is 0 Å². The van der Waals surface area contributed by atoms with Crippen LogP contribution in [0.5, 0.6) is 0 Å². The van der Waals surface area contributed by atoms with Crippen LogP contribution in [0.2, 0.25) is 0 Å². The third-order valence-electron chi connectivity index (χ3n) is 12.2. The van der Waals surface area contributed by atoms with Crippen LogP contribution in [-0.4, -0.2) is 0 Å². The number of furan rings is 1. The first kappa shape index (κ1) is 34.1. The van der Waals surface area contributed by atoms with E-state index in [4.69, 9.17) is 4.42 Å². The summed E-state index contributed by atoms with van der Waals surface area (Å²) in [6.45, 7) is 0. The Hall–Kier alpha value is -7.94. The zero-order valence-corrected chi connectivity index (χ0v) is 32.7. The lowest BCUT2D eigenvalue weighted by Crippen LogP contribution is -2.10. The van der Waals surface area contributed by atoms with Crippen molar-refractivity contribution in [3.05, 3.63) is 224 Å². The van der Waals surface area contributed by atoms with Gasteiger partial charge >= 0.3 is 0 Å². The minimum atomic E-state index is 0.865. The van der Waals surface area contributed by atoms with Crippen molar-refractivity contribution in [2.45, 2.75) is 0 Å². The maximum absolute atomic E-state index is 6.74. The lowest BCUT2D eigenvalue weighted by atomic mass is 9.84. The zero-order valence-electron chi connectivity index (χ0n) is 32.7. The van der Waals surface area contributed by atoms with Crippen LogP contribution in [0, 0.1) is 0 Å². The van der Waals surface area contributed by atoms with E-state index >= 15 is 0 Å². The van der Waals surface area contributed by atoms with Crippen LogP contribution >= 0.6 is 0 Å². The highest BCUT2D eigenvalue weighted by molar-refractivity contribution is 6.22. The second kappa shape index (κ2) is 13.9. The highest BCUT2D eigenvalue weighted by Gasteiger charge is 2.21. The van der Waals surface area contributed by atoms with E-state index in [-0.39, 0.29) is 0 Å². The first-order chi connectivity index (χ1) is 29.8. The lowest BCUT2D eigenvalue weighted by Gasteiger charge is -2.27. The van der Waals surface area contributed by atoms with Crippen LogP contribution in [0.25, 0.3) is 98.4 Å². The average Bonchev–Trinajstić information content (AvgIpc) is 3.70. The Balaban J connectivity index is 1.08. The summed E-state index contributed by atoms with van der Waals surface area (Å²) in [5, 5.41) is 11.9. The van der Waals surface area contributed by atoms with Crippen molar-refractivity contribution < 1.29 is 4.42 Å². The van der Waals surface area contributed by atoms with E-state index in [1.165, 1.54) is 60.0 Å². The van der Waals surface area contributed by atoms with Crippen molar-refractivity contribution in [1.82, 2.24) is 0 Å². The average molecular weight is 764 g/mol. The summed E-state index contributed by atoms with van der Waals surface area (Å²) in [5.74, 6) is 0. The summed E-state index contributed by atoms with van der Waals surface area (Å²) in [6, 6.07) is 81.3. The van der Waals surface area contributed by atoms with Gasteiger partial charge in [0.05, 0.1) is 5.69 Å². The minimum Gasteiger partial charge on any atom is -0.455 e. The molecule has 12 rings (SSSR count). The molecule has 0 spiro atoms. The van der Waals surface area contributed by atoms with Gasteiger partial charge in [-0.05, 0) is 108 Å². The van der Waals surface area contributed by atoms with Crippen LogP contribution in [0.4, 0.5) is 17.1 Å². The van der Waals surface area contributed by atoms with E-state index in [9.17, 15) is 0 Å². The molecule has 11 aromatic carbocycles. The van der Waals surface area contributed by atoms with Gasteiger partial charge in [0.25, 0.3) is 0 Å². The van der Waals surface area contributed by atoms with Gasteiger partial charge in [0.15, 0.2) is 0 Å². The maximum atomic E-state index is 6.74. The molecular formula is C58H37NO. The predicted molar refractivity (Wildman–Crippen MR) is 255 cm³/mol. The zero-order chi connectivity index (χ0) is 39.6. The summed E-state index contributed by atoms with van der Waals surface area (Å²) in [7, 11) is 0. The number of benzene rings is 11. The van der Waals surface area contributed by atoms with E-state index in [1.807, 2.05) is 0 Å². The fourth-order valence-corrected chi connectivity index (χ4v) is 9.47. The quantitative estimate of drug-likeness (QED) is 0.157. The lowest BCUT2D eigenvalue weighted by molar-refractivity contribution is 0.672. The summed E-state index contributed by atoms with van der Waals surface area (Å²) in [6.07, 6.45) is 0. The maximum Gasteiger partial charge on any atom is 0.143 e. The van der Waals surface area contributed by atoms with Crippen LogP contribution in [0.3, 0.4) is 0 Å². The van der Waals surface area contributed by atoms with Crippen molar-refractivity contribution in [2.75, 3.05) is 4.90 Å². The van der Waals surface area contributed by atoms with E-state index in [0.717, 1.165) is 55.5 Å². The second-order valence-corrected chi connectivity index (χ2v) is 15.6. The molecule has 2 nitrogen and oxygen atoms in total. The van der Waals surface area contributed by atoms with E-state index in [2.05, 4.69) is 229 Å². The molecule has 0 saturated heterocycles. The van der Waals surface area contributed by atoms with Gasteiger partial charge in [-0.15, -0.1) is 0 Å². The molecule has 1 heterocycles. The van der Waals surface area contributed by atoms with Crippen molar-refractivity contribution in [3.63, 3.8) is 0 Å². The molecule has 0 aliphatic heterocycles. The normalized spacial score (nSPS) is 11.7. The van der Waals surface area contributed by atoms with Crippen molar-refractivity contribution in [2.24, 2.45) is 0 Å². The summed E-state index contributed by atoms with van der Waals surface area (Å²) in [4.78, 5) is 2.38. The van der Waals surface area contributed by atoms with Gasteiger partial charge < -0.3 is 9.32 Å². The monoisotopic (exact) mass is 763 g/mol. The van der Waals surface area contributed by atoms with E-state index in [0.29, 0.717) is 0 Å². The number of rotatable bonds is 6. The molecular weight excluding hydrogens is 727 g/mol. The van der Waals surface area contributed by atoms with E-state index < -0.39 is 0 Å². The first-order valence-electron chi connectivity index (χ1n) is 20.6. The SMILES string of the molecule is c1ccc(-c2c(-c3ccccc3)c3cc(-c4cccc(N(c5ccc6c(c5)oc5c7ccccc7ccc65)c5cccc6ccccc56)c4)ccc3c3ccccc23)cc1. The molecule has 0 aliphatic carbocycles. The topological polar surface area (TPSA) is 16.4 Å². The number of hydrogen-bond donors (Lipinski definition) is 0. The smallest absolute Gasteiger partial charge is 0.143 e. The minimum absolute atomic E-state index is 0.865. The van der Waals surface area contributed by atoms with Gasteiger partial charge in [0.1, 0.15) is 11.2 Å². The van der Waals surface area contributed by atoms with Gasteiger partial charge in [-0.25, -0.2) is 0 Å². The number of nitrogens with zero attached hydrogens (tertiary/aromatic N) is 1. The third kappa shape index (κ3) is 5.50.